The molecule has 0 aliphatic rings. The molecule has 1 atom stereocenters. The number of aliphatic carboxylic acids is 1. The fourth-order valence-electron chi connectivity index (χ4n) is 1.77. The van der Waals surface area contributed by atoms with Gasteiger partial charge in [0.2, 0.25) is 0 Å². The van der Waals surface area contributed by atoms with Crippen LogP contribution in [0.5, 0.6) is 0 Å². The van der Waals surface area contributed by atoms with Crippen LogP contribution >= 0.6 is 11.6 Å². The van der Waals surface area contributed by atoms with E-state index in [4.69, 9.17) is 11.6 Å². The Morgan fingerprint density at radius 1 is 1.57 bits per heavy atom. The van der Waals surface area contributed by atoms with Crippen LogP contribution in [-0.4, -0.2) is 25.8 Å². The number of nitrogens with one attached hydrogen (secondary N) is 1. The molecular formula is C12H11ClN4O4. The van der Waals surface area contributed by atoms with Gasteiger partial charge in [-0.05, 0) is 6.07 Å². The number of hydrogen-bond donors (Lipinski definition) is 2. The van der Waals surface area contributed by atoms with Gasteiger partial charge in [-0.1, -0.05) is 11.6 Å². The van der Waals surface area contributed by atoms with E-state index in [1.807, 2.05) is 0 Å². The summed E-state index contributed by atoms with van der Waals surface area (Å²) in [5, 5.41) is 26.6. The molecule has 1 heterocycles. The number of aryl methyl sites for hydroxylation is 1. The molecule has 0 aliphatic heterocycles. The Bertz CT molecular complexity index is 700. The van der Waals surface area contributed by atoms with Gasteiger partial charge in [0.05, 0.1) is 21.8 Å². The fourth-order valence-corrected chi connectivity index (χ4v) is 2.00. The van der Waals surface area contributed by atoms with Crippen molar-refractivity contribution in [2.75, 3.05) is 5.32 Å². The lowest BCUT2D eigenvalue weighted by molar-refractivity contribution is -0.384. The molecule has 2 N–H and O–H groups in total. The average Bonchev–Trinajstić information content (AvgIpc) is 2.83. The first-order valence-electron chi connectivity index (χ1n) is 5.80. The molecule has 0 bridgehead atoms. The highest BCUT2D eigenvalue weighted by atomic mass is 35.5. The summed E-state index contributed by atoms with van der Waals surface area (Å²) >= 11 is 5.93. The largest absolute Gasteiger partial charge is 0.479 e. The van der Waals surface area contributed by atoms with Gasteiger partial charge in [0.15, 0.2) is 6.04 Å². The van der Waals surface area contributed by atoms with E-state index in [1.54, 1.807) is 13.2 Å². The fraction of sp³-hybridized carbons (Fsp3) is 0.167. The third kappa shape index (κ3) is 3.29. The topological polar surface area (TPSA) is 110 Å². The quantitative estimate of drug-likeness (QED) is 0.647. The second-order valence-corrected chi connectivity index (χ2v) is 4.69. The van der Waals surface area contributed by atoms with Crippen molar-refractivity contribution in [3.63, 3.8) is 0 Å². The Hall–Kier alpha value is -2.61. The standard InChI is InChI=1S/C12H11ClN4O4/c1-16-6-7(5-14-16)11(12(18)19)15-10-3-2-8(17(20)21)4-9(10)13/h2-6,11,15H,1H3,(H,18,19). The molecule has 110 valence electrons. The number of carbonyl (C=O) groups is 1. The molecule has 0 aliphatic carbocycles. The van der Waals surface area contributed by atoms with Crippen molar-refractivity contribution in [3.05, 3.63) is 51.3 Å². The number of carboxylic acid groups (broad SMARTS) is 1. The Morgan fingerprint density at radius 3 is 2.76 bits per heavy atom. The summed E-state index contributed by atoms with van der Waals surface area (Å²) in [7, 11) is 1.67. The second kappa shape index (κ2) is 5.80. The number of nitrogens with zero attached hydrogens (tertiary/aromatic N) is 3. The number of anilines is 1. The molecule has 0 saturated heterocycles. The molecule has 0 amide bonds. The van der Waals surface area contributed by atoms with E-state index < -0.39 is 16.9 Å². The first-order chi connectivity index (χ1) is 9.88. The number of aromatic nitrogens is 2. The third-order valence-electron chi connectivity index (χ3n) is 2.77. The highest BCUT2D eigenvalue weighted by Crippen LogP contribution is 2.29. The SMILES string of the molecule is Cn1cc(C(Nc2ccc([N+](=O)[O-])cc2Cl)C(=O)O)cn1. The van der Waals surface area contributed by atoms with Gasteiger partial charge in [0, 0.05) is 30.9 Å². The van der Waals surface area contributed by atoms with Crippen LogP contribution in [0, 0.1) is 10.1 Å². The van der Waals surface area contributed by atoms with Gasteiger partial charge in [0.1, 0.15) is 0 Å². The van der Waals surface area contributed by atoms with Crippen LogP contribution in [0.3, 0.4) is 0 Å². The molecule has 0 spiro atoms. The highest BCUT2D eigenvalue weighted by molar-refractivity contribution is 6.33. The normalized spacial score (nSPS) is 11.9. The van der Waals surface area contributed by atoms with Crippen molar-refractivity contribution in [1.82, 2.24) is 9.78 Å². The minimum atomic E-state index is -1.11. The zero-order valence-electron chi connectivity index (χ0n) is 10.9. The highest BCUT2D eigenvalue weighted by Gasteiger charge is 2.22. The second-order valence-electron chi connectivity index (χ2n) is 4.28. The molecule has 0 fully saturated rings. The zero-order chi connectivity index (χ0) is 15.6. The lowest BCUT2D eigenvalue weighted by atomic mass is 10.1. The molecule has 1 aromatic carbocycles. The summed E-state index contributed by atoms with van der Waals surface area (Å²) in [6.45, 7) is 0. The predicted molar refractivity (Wildman–Crippen MR) is 75.3 cm³/mol. The molecule has 9 heteroatoms. The number of benzene rings is 1. The van der Waals surface area contributed by atoms with Crippen molar-refractivity contribution in [1.29, 1.82) is 0 Å². The molecule has 8 nitrogen and oxygen atoms in total. The third-order valence-corrected chi connectivity index (χ3v) is 3.08. The molecule has 2 aromatic rings. The maximum atomic E-state index is 11.3. The smallest absolute Gasteiger partial charge is 0.330 e. The van der Waals surface area contributed by atoms with Gasteiger partial charge < -0.3 is 10.4 Å². The van der Waals surface area contributed by atoms with E-state index in [1.165, 1.54) is 23.0 Å². The minimum absolute atomic E-state index is 0.0688. The van der Waals surface area contributed by atoms with Crippen LogP contribution < -0.4 is 5.32 Å². The van der Waals surface area contributed by atoms with Crippen molar-refractivity contribution >= 4 is 28.9 Å². The van der Waals surface area contributed by atoms with Crippen LogP contribution in [0.25, 0.3) is 0 Å². The molecule has 0 radical (unpaired) electrons. The van der Waals surface area contributed by atoms with Crippen LogP contribution in [-0.2, 0) is 11.8 Å². The van der Waals surface area contributed by atoms with Gasteiger partial charge in [0.25, 0.3) is 5.69 Å². The van der Waals surface area contributed by atoms with E-state index in [-0.39, 0.29) is 10.7 Å². The number of non-ortho nitro benzene ring substituents is 1. The van der Waals surface area contributed by atoms with Gasteiger partial charge in [-0.25, -0.2) is 4.79 Å². The number of rotatable bonds is 5. The Labute approximate surface area is 124 Å². The Kier molecular flexibility index (Phi) is 4.08. The maximum absolute atomic E-state index is 11.3. The van der Waals surface area contributed by atoms with E-state index in [0.29, 0.717) is 11.3 Å². The zero-order valence-corrected chi connectivity index (χ0v) is 11.6. The maximum Gasteiger partial charge on any atom is 0.330 e. The summed E-state index contributed by atoms with van der Waals surface area (Å²) in [6, 6.07) is 2.72. The van der Waals surface area contributed by atoms with Crippen molar-refractivity contribution in [3.8, 4) is 0 Å². The van der Waals surface area contributed by atoms with E-state index >= 15 is 0 Å². The molecule has 21 heavy (non-hydrogen) atoms. The monoisotopic (exact) mass is 310 g/mol. The number of hydrogen-bond acceptors (Lipinski definition) is 5. The van der Waals surface area contributed by atoms with Crippen molar-refractivity contribution in [2.24, 2.45) is 7.05 Å². The first kappa shape index (κ1) is 14.8. The van der Waals surface area contributed by atoms with Gasteiger partial charge in [-0.3, -0.25) is 14.8 Å². The van der Waals surface area contributed by atoms with E-state index in [9.17, 15) is 20.0 Å². The number of nitro benzene ring substituents is 1. The molecule has 0 saturated carbocycles. The summed E-state index contributed by atoms with van der Waals surface area (Å²) in [4.78, 5) is 21.4. The van der Waals surface area contributed by atoms with Crippen molar-refractivity contribution < 1.29 is 14.8 Å². The molecule has 1 aromatic heterocycles. The Balaban J connectivity index is 2.29. The van der Waals surface area contributed by atoms with Gasteiger partial charge in [-0.15, -0.1) is 0 Å². The molecule has 2 rings (SSSR count). The number of halogens is 1. The van der Waals surface area contributed by atoms with E-state index in [0.717, 1.165) is 6.07 Å². The Morgan fingerprint density at radius 2 is 2.29 bits per heavy atom. The minimum Gasteiger partial charge on any atom is -0.479 e. The van der Waals surface area contributed by atoms with Crippen LogP contribution in [0.1, 0.15) is 11.6 Å². The van der Waals surface area contributed by atoms with Crippen molar-refractivity contribution in [2.45, 2.75) is 6.04 Å². The number of carboxylic acids is 1. The molecular weight excluding hydrogens is 300 g/mol. The summed E-state index contributed by atoms with van der Waals surface area (Å²) in [5.74, 6) is -1.11. The summed E-state index contributed by atoms with van der Waals surface area (Å²) in [6.07, 6.45) is 2.98. The number of nitro groups is 1. The molecule has 1 unspecified atom stereocenters. The van der Waals surface area contributed by atoms with Gasteiger partial charge in [-0.2, -0.15) is 5.10 Å². The predicted octanol–water partition coefficient (Wildman–Crippen LogP) is 2.22. The lowest BCUT2D eigenvalue weighted by Crippen LogP contribution is -2.20. The average molecular weight is 311 g/mol. The van der Waals surface area contributed by atoms with E-state index in [2.05, 4.69) is 10.4 Å². The van der Waals surface area contributed by atoms with Gasteiger partial charge >= 0.3 is 5.97 Å². The van der Waals surface area contributed by atoms with Crippen LogP contribution in [0.2, 0.25) is 5.02 Å². The van der Waals surface area contributed by atoms with Crippen LogP contribution in [0.4, 0.5) is 11.4 Å². The first-order valence-corrected chi connectivity index (χ1v) is 6.18. The van der Waals surface area contributed by atoms with Crippen LogP contribution in [0.15, 0.2) is 30.6 Å². The lowest BCUT2D eigenvalue weighted by Gasteiger charge is -2.15. The summed E-state index contributed by atoms with van der Waals surface area (Å²) < 4.78 is 1.48. The summed E-state index contributed by atoms with van der Waals surface area (Å²) in [5.41, 5.74) is 0.566.